The Balaban J connectivity index is 2.01. The van der Waals surface area contributed by atoms with Crippen molar-refractivity contribution in [1.29, 1.82) is 0 Å². The lowest BCUT2D eigenvalue weighted by Gasteiger charge is -2.29. The third-order valence-corrected chi connectivity index (χ3v) is 8.05. The van der Waals surface area contributed by atoms with Crippen molar-refractivity contribution in [3.8, 4) is 0 Å². The molecule has 3 N–H and O–H groups in total. The lowest BCUT2D eigenvalue weighted by atomic mass is 9.95. The largest absolute Gasteiger partial charge is 0.481 e. The van der Waals surface area contributed by atoms with Crippen LogP contribution in [0.2, 0.25) is 0 Å². The van der Waals surface area contributed by atoms with Crippen LogP contribution < -0.4 is 5.32 Å². The zero-order chi connectivity index (χ0) is 28.6. The van der Waals surface area contributed by atoms with Gasteiger partial charge < -0.3 is 15.5 Å². The molecule has 1 atom stereocenters. The van der Waals surface area contributed by atoms with Crippen LogP contribution in [0, 0.1) is 0 Å². The number of nitrogens with one attached hydrogen (secondary N) is 1. The highest BCUT2D eigenvalue weighted by Crippen LogP contribution is 2.33. The minimum Gasteiger partial charge on any atom is -0.481 e. The van der Waals surface area contributed by atoms with Crippen LogP contribution in [0.25, 0.3) is 0 Å². The van der Waals surface area contributed by atoms with E-state index in [1.165, 1.54) is 12.6 Å². The molecule has 0 saturated carbocycles. The van der Waals surface area contributed by atoms with Crippen molar-refractivity contribution >= 4 is 16.0 Å². The predicted molar refractivity (Wildman–Crippen MR) is 139 cm³/mol. The van der Waals surface area contributed by atoms with E-state index in [0.717, 1.165) is 35.7 Å². The molecule has 2 aromatic rings. The Morgan fingerprint density at radius 1 is 1.03 bits per heavy atom. The van der Waals surface area contributed by atoms with Gasteiger partial charge in [-0.15, -0.1) is 0 Å². The molecule has 0 saturated heterocycles. The zero-order valence-electron chi connectivity index (χ0n) is 22.0. The van der Waals surface area contributed by atoms with Crippen LogP contribution in [0.1, 0.15) is 56.2 Å². The first-order valence-corrected chi connectivity index (χ1v) is 13.9. The number of β-amino-alcohol motifs (C(OH)–C–C–N with tert-alkyl or cyclic N) is 1. The standard InChI is InChI=1S/C27H37F3N2O5S/c1-26(2,14-8-12-20-9-5-4-6-10-20)31-18-23(33)19-32(3)38(36,37)24-16-21(11-7-13-25(34)35)15-22(17-24)27(28,29)30/h4-6,9-10,15-17,23,31,33H,7-8,11-14,18-19H2,1-3H3,(H,34,35). The third kappa shape index (κ3) is 10.4. The van der Waals surface area contributed by atoms with E-state index in [4.69, 9.17) is 5.11 Å². The first-order chi connectivity index (χ1) is 17.6. The molecule has 0 radical (unpaired) electrons. The Bertz CT molecular complexity index is 1160. The number of rotatable bonds is 15. The van der Waals surface area contributed by atoms with Gasteiger partial charge in [-0.05, 0) is 75.3 Å². The van der Waals surface area contributed by atoms with Crippen molar-refractivity contribution in [1.82, 2.24) is 9.62 Å². The van der Waals surface area contributed by atoms with Crippen molar-refractivity contribution in [2.45, 2.75) is 75.1 Å². The van der Waals surface area contributed by atoms with E-state index in [0.29, 0.717) is 6.07 Å². The summed E-state index contributed by atoms with van der Waals surface area (Å²) in [5.74, 6) is -1.09. The number of aliphatic hydroxyl groups is 1. The second-order valence-corrected chi connectivity index (χ2v) is 12.2. The molecule has 0 heterocycles. The van der Waals surface area contributed by atoms with Gasteiger partial charge in [0.2, 0.25) is 10.0 Å². The lowest BCUT2D eigenvalue weighted by molar-refractivity contribution is -0.138. The summed E-state index contributed by atoms with van der Waals surface area (Å²) in [7, 11) is -3.15. The van der Waals surface area contributed by atoms with Gasteiger partial charge in [0.25, 0.3) is 0 Å². The van der Waals surface area contributed by atoms with Crippen LogP contribution in [-0.4, -0.2) is 60.7 Å². The number of aliphatic carboxylic acids is 1. The number of aryl methyl sites for hydroxylation is 2. The number of hydrogen-bond acceptors (Lipinski definition) is 5. The van der Waals surface area contributed by atoms with E-state index in [2.05, 4.69) is 17.4 Å². The number of carboxylic acids is 1. The Labute approximate surface area is 222 Å². The van der Waals surface area contributed by atoms with Gasteiger partial charge >= 0.3 is 12.1 Å². The molecule has 0 aromatic heterocycles. The first-order valence-electron chi connectivity index (χ1n) is 12.5. The Hall–Kier alpha value is -2.47. The Morgan fingerprint density at radius 3 is 2.26 bits per heavy atom. The maximum atomic E-state index is 13.4. The quantitative estimate of drug-likeness (QED) is 0.298. The highest BCUT2D eigenvalue weighted by molar-refractivity contribution is 7.89. The summed E-state index contributed by atoms with van der Waals surface area (Å²) in [6.45, 7) is 3.75. The molecule has 0 bridgehead atoms. The van der Waals surface area contributed by atoms with Crippen LogP contribution in [-0.2, 0) is 33.8 Å². The number of nitrogens with zero attached hydrogens (tertiary/aromatic N) is 1. The molecule has 0 spiro atoms. The van der Waals surface area contributed by atoms with E-state index in [1.54, 1.807) is 0 Å². The van der Waals surface area contributed by atoms with Gasteiger partial charge in [0.05, 0.1) is 16.6 Å². The molecular weight excluding hydrogens is 521 g/mol. The van der Waals surface area contributed by atoms with Crippen molar-refractivity contribution in [3.63, 3.8) is 0 Å². The van der Waals surface area contributed by atoms with Crippen LogP contribution in [0.4, 0.5) is 13.2 Å². The number of hydrogen-bond donors (Lipinski definition) is 3. The minimum absolute atomic E-state index is 0.0195. The summed E-state index contributed by atoms with van der Waals surface area (Å²) >= 11 is 0. The molecule has 0 amide bonds. The highest BCUT2D eigenvalue weighted by Gasteiger charge is 2.34. The third-order valence-electron chi connectivity index (χ3n) is 6.25. The smallest absolute Gasteiger partial charge is 0.416 e. The van der Waals surface area contributed by atoms with E-state index in [9.17, 15) is 31.5 Å². The van der Waals surface area contributed by atoms with Crippen LogP contribution in [0.3, 0.4) is 0 Å². The average Bonchev–Trinajstić information content (AvgIpc) is 2.82. The van der Waals surface area contributed by atoms with Gasteiger partial charge in [-0.2, -0.15) is 17.5 Å². The molecule has 0 aliphatic rings. The minimum atomic E-state index is -4.78. The number of carboxylic acid groups (broad SMARTS) is 1. The molecule has 0 fully saturated rings. The van der Waals surface area contributed by atoms with Crippen molar-refractivity contribution in [2.75, 3.05) is 20.1 Å². The molecule has 38 heavy (non-hydrogen) atoms. The summed E-state index contributed by atoms with van der Waals surface area (Å²) in [5, 5.41) is 22.5. The fourth-order valence-electron chi connectivity index (χ4n) is 4.06. The SMILES string of the molecule is CN(CC(O)CNC(C)(C)CCCc1ccccc1)S(=O)(=O)c1cc(CCCC(=O)O)cc(C(F)(F)F)c1. The maximum Gasteiger partial charge on any atom is 0.416 e. The van der Waals surface area contributed by atoms with Gasteiger partial charge in [-0.1, -0.05) is 30.3 Å². The molecule has 2 aromatic carbocycles. The summed E-state index contributed by atoms with van der Waals surface area (Å²) in [6, 6.07) is 12.6. The fourth-order valence-corrected chi connectivity index (χ4v) is 5.37. The number of carbonyl (C=O) groups is 1. The van der Waals surface area contributed by atoms with E-state index in [1.807, 2.05) is 32.0 Å². The summed E-state index contributed by atoms with van der Waals surface area (Å²) in [6.07, 6.45) is -3.43. The van der Waals surface area contributed by atoms with Gasteiger partial charge in [-0.3, -0.25) is 4.79 Å². The summed E-state index contributed by atoms with van der Waals surface area (Å²) in [4.78, 5) is 10.2. The second-order valence-electron chi connectivity index (χ2n) is 10.2. The second kappa shape index (κ2) is 13.5. The normalized spacial score (nSPS) is 13.6. The van der Waals surface area contributed by atoms with Crippen molar-refractivity contribution in [3.05, 3.63) is 65.2 Å². The zero-order valence-corrected chi connectivity index (χ0v) is 22.8. The Kier molecular flexibility index (Phi) is 11.3. The van der Waals surface area contributed by atoms with Crippen LogP contribution in [0.15, 0.2) is 53.4 Å². The number of benzene rings is 2. The number of likely N-dealkylation sites (N-methyl/N-ethyl adjacent to an activating group) is 1. The molecule has 0 aliphatic heterocycles. The topological polar surface area (TPSA) is 107 Å². The van der Waals surface area contributed by atoms with Crippen molar-refractivity contribution in [2.24, 2.45) is 0 Å². The average molecular weight is 559 g/mol. The van der Waals surface area contributed by atoms with Gasteiger partial charge in [0.15, 0.2) is 0 Å². The molecule has 11 heteroatoms. The number of alkyl halides is 3. The van der Waals surface area contributed by atoms with E-state index < -0.39 is 38.7 Å². The first kappa shape index (κ1) is 31.7. The summed E-state index contributed by atoms with van der Waals surface area (Å²) < 4.78 is 67.3. The van der Waals surface area contributed by atoms with Gasteiger partial charge in [0.1, 0.15) is 0 Å². The Morgan fingerprint density at radius 2 is 1.66 bits per heavy atom. The molecule has 0 aliphatic carbocycles. The van der Waals surface area contributed by atoms with Gasteiger partial charge in [-0.25, -0.2) is 8.42 Å². The molecular formula is C27H37F3N2O5S. The summed E-state index contributed by atoms with van der Waals surface area (Å²) in [5.41, 5.74) is -0.141. The molecule has 7 nitrogen and oxygen atoms in total. The predicted octanol–water partition coefficient (Wildman–Crippen LogP) is 4.49. The number of aliphatic hydroxyl groups excluding tert-OH is 1. The lowest BCUT2D eigenvalue weighted by Crippen LogP contribution is -2.46. The molecule has 1 unspecified atom stereocenters. The number of halogens is 3. The molecule has 212 valence electrons. The fraction of sp³-hybridized carbons (Fsp3) is 0.519. The highest BCUT2D eigenvalue weighted by atomic mass is 32.2. The van der Waals surface area contributed by atoms with E-state index >= 15 is 0 Å². The maximum absolute atomic E-state index is 13.4. The van der Waals surface area contributed by atoms with Crippen molar-refractivity contribution < 1.29 is 36.6 Å². The van der Waals surface area contributed by atoms with Crippen LogP contribution in [0.5, 0.6) is 0 Å². The molecule has 2 rings (SSSR count). The van der Waals surface area contributed by atoms with Gasteiger partial charge in [0, 0.05) is 32.1 Å². The monoisotopic (exact) mass is 558 g/mol. The number of sulfonamides is 1. The van der Waals surface area contributed by atoms with Crippen LogP contribution >= 0.6 is 0 Å². The van der Waals surface area contributed by atoms with E-state index in [-0.39, 0.29) is 43.5 Å².